The first kappa shape index (κ1) is 22.6. The zero-order chi connectivity index (χ0) is 22.8. The van der Waals surface area contributed by atoms with Crippen molar-refractivity contribution in [2.75, 3.05) is 7.05 Å². The number of ether oxygens (including phenoxy) is 1. The highest BCUT2D eigenvalue weighted by Crippen LogP contribution is 2.57. The van der Waals surface area contributed by atoms with Gasteiger partial charge in [0.15, 0.2) is 5.78 Å². The topological polar surface area (TPSA) is 70.1 Å². The van der Waals surface area contributed by atoms with Crippen LogP contribution in [-0.2, 0) is 14.3 Å². The highest BCUT2D eigenvalue weighted by Gasteiger charge is 2.61. The number of hydrogen-bond acceptors (Lipinski definition) is 4. The van der Waals surface area contributed by atoms with Crippen LogP contribution in [0.5, 0.6) is 0 Å². The molecular formula is C26H39NO4. The fraction of sp³-hybridized carbons (Fsp3) is 0.769. The summed E-state index contributed by atoms with van der Waals surface area (Å²) in [6, 6.07) is -0.478. The largest absolute Gasteiger partial charge is 0.511 e. The zero-order valence-electron chi connectivity index (χ0n) is 20.1. The number of Topliss-reactive ketones (excluding diaryl/α,β-unsaturated/α-hetero) is 1. The maximum Gasteiger partial charge on any atom is 0.261 e. The van der Waals surface area contributed by atoms with Crippen LogP contribution >= 0.6 is 0 Å². The molecule has 0 spiro atoms. The number of amides is 1. The van der Waals surface area contributed by atoms with E-state index in [4.69, 9.17) is 4.74 Å². The molecule has 4 aliphatic rings. The van der Waals surface area contributed by atoms with E-state index in [1.165, 1.54) is 4.90 Å². The molecule has 9 unspecified atom stereocenters. The second-order valence-electron chi connectivity index (χ2n) is 11.4. The van der Waals surface area contributed by atoms with Gasteiger partial charge in [-0.15, -0.1) is 0 Å². The van der Waals surface area contributed by atoms with Gasteiger partial charge in [-0.05, 0) is 62.7 Å². The van der Waals surface area contributed by atoms with E-state index >= 15 is 0 Å². The molecule has 0 aromatic heterocycles. The molecule has 0 radical (unpaired) electrons. The van der Waals surface area contributed by atoms with Crippen molar-refractivity contribution < 1.29 is 19.4 Å². The van der Waals surface area contributed by atoms with Crippen molar-refractivity contribution in [1.29, 1.82) is 0 Å². The first-order valence-corrected chi connectivity index (χ1v) is 12.1. The number of likely N-dealkylation sites (tertiary alicyclic amines) is 1. The fourth-order valence-corrected chi connectivity index (χ4v) is 6.86. The van der Waals surface area contributed by atoms with Gasteiger partial charge in [0, 0.05) is 18.9 Å². The Morgan fingerprint density at radius 1 is 1.23 bits per heavy atom. The number of carbonyl (C=O) groups excluding carboxylic acids is 2. The molecule has 3 fully saturated rings. The molecular weight excluding hydrogens is 390 g/mol. The van der Waals surface area contributed by atoms with Crippen molar-refractivity contribution in [3.05, 3.63) is 23.5 Å². The fourth-order valence-electron chi connectivity index (χ4n) is 6.86. The second kappa shape index (κ2) is 7.75. The minimum absolute atomic E-state index is 0.0165. The lowest BCUT2D eigenvalue weighted by Crippen LogP contribution is -2.45. The predicted molar refractivity (Wildman–Crippen MR) is 120 cm³/mol. The number of ketones is 1. The molecule has 0 aromatic carbocycles. The smallest absolute Gasteiger partial charge is 0.261 e. The van der Waals surface area contributed by atoms with Crippen LogP contribution < -0.4 is 0 Å². The minimum Gasteiger partial charge on any atom is -0.511 e. The van der Waals surface area contributed by atoms with Gasteiger partial charge in [0.05, 0.1) is 17.7 Å². The Kier molecular flexibility index (Phi) is 5.65. The SMILES string of the molecule is CC(C)CC1C(=O)/C(=C(\O)C2C3C(C)CC(C)CC3C=CC2C2(C)OC2C)C(=O)N1C. The Labute approximate surface area is 186 Å². The zero-order valence-corrected chi connectivity index (χ0v) is 20.1. The summed E-state index contributed by atoms with van der Waals surface area (Å²) in [6.45, 7) is 12.8. The molecule has 0 aromatic rings. The van der Waals surface area contributed by atoms with Crippen LogP contribution in [0.15, 0.2) is 23.5 Å². The average Bonchev–Trinajstić information content (AvgIpc) is 3.24. The number of aliphatic hydroxyl groups excluding tert-OH is 1. The molecule has 2 heterocycles. The van der Waals surface area contributed by atoms with Gasteiger partial charge in [0.2, 0.25) is 0 Å². The Hall–Kier alpha value is -1.62. The van der Waals surface area contributed by atoms with Crippen LogP contribution in [0.2, 0.25) is 0 Å². The Morgan fingerprint density at radius 2 is 1.87 bits per heavy atom. The van der Waals surface area contributed by atoms with Crippen molar-refractivity contribution in [1.82, 2.24) is 4.90 Å². The molecule has 5 nitrogen and oxygen atoms in total. The lowest BCUT2D eigenvalue weighted by molar-refractivity contribution is -0.125. The summed E-state index contributed by atoms with van der Waals surface area (Å²) in [5.41, 5.74) is -0.336. The summed E-state index contributed by atoms with van der Waals surface area (Å²) in [5.74, 6) is 1.07. The maximum atomic E-state index is 13.3. The summed E-state index contributed by atoms with van der Waals surface area (Å²) < 4.78 is 6.01. The van der Waals surface area contributed by atoms with Gasteiger partial charge in [-0.1, -0.05) is 39.8 Å². The van der Waals surface area contributed by atoms with Crippen LogP contribution in [0.4, 0.5) is 0 Å². The van der Waals surface area contributed by atoms with Gasteiger partial charge < -0.3 is 14.7 Å². The van der Waals surface area contributed by atoms with Crippen molar-refractivity contribution in [2.24, 2.45) is 41.4 Å². The number of fused-ring (bicyclic) bond motifs is 1. The lowest BCUT2D eigenvalue weighted by atomic mass is 9.56. The number of allylic oxidation sites excluding steroid dienone is 2. The molecule has 1 N–H and O–H groups in total. The van der Waals surface area contributed by atoms with Gasteiger partial charge in [-0.2, -0.15) is 0 Å². The summed E-state index contributed by atoms with van der Waals surface area (Å²) in [5, 5.41) is 11.7. The summed E-state index contributed by atoms with van der Waals surface area (Å²) in [6.07, 6.45) is 7.43. The molecule has 2 saturated heterocycles. The first-order valence-electron chi connectivity index (χ1n) is 12.1. The number of likely N-dealkylation sites (N-methyl/N-ethyl adjacent to an activating group) is 1. The van der Waals surface area contributed by atoms with Crippen LogP contribution in [0.3, 0.4) is 0 Å². The number of carbonyl (C=O) groups is 2. The molecule has 1 amide bonds. The van der Waals surface area contributed by atoms with Crippen molar-refractivity contribution in [3.8, 4) is 0 Å². The second-order valence-corrected chi connectivity index (χ2v) is 11.4. The highest BCUT2D eigenvalue weighted by molar-refractivity contribution is 6.26. The number of nitrogens with zero attached hydrogens (tertiary/aromatic N) is 1. The number of epoxide rings is 1. The third-order valence-corrected chi connectivity index (χ3v) is 8.63. The molecule has 1 saturated carbocycles. The van der Waals surface area contributed by atoms with E-state index in [-0.39, 0.29) is 52.5 Å². The highest BCUT2D eigenvalue weighted by atomic mass is 16.6. The van der Waals surface area contributed by atoms with E-state index in [1.54, 1.807) is 7.05 Å². The van der Waals surface area contributed by atoms with Gasteiger partial charge in [-0.25, -0.2) is 0 Å². The lowest BCUT2D eigenvalue weighted by Gasteiger charge is -2.48. The van der Waals surface area contributed by atoms with Crippen LogP contribution in [0.25, 0.3) is 0 Å². The molecule has 31 heavy (non-hydrogen) atoms. The number of rotatable bonds is 4. The van der Waals surface area contributed by atoms with E-state index in [2.05, 4.69) is 53.7 Å². The first-order chi connectivity index (χ1) is 14.5. The van der Waals surface area contributed by atoms with E-state index in [9.17, 15) is 14.7 Å². The average molecular weight is 430 g/mol. The van der Waals surface area contributed by atoms with E-state index in [1.807, 2.05) is 0 Å². The van der Waals surface area contributed by atoms with Gasteiger partial charge in [-0.3, -0.25) is 9.59 Å². The standard InChI is InChI=1S/C26H39NO4/c1-13(2)10-19-23(28)22(25(30)27(19)7)24(29)21-18(26(6)16(5)31-26)9-8-17-12-14(3)11-15(4)20(17)21/h8-9,13-21,29H,10-12H2,1-7H3/b24-22+. The third kappa shape index (κ3) is 3.57. The Balaban J connectivity index is 1.79. The van der Waals surface area contributed by atoms with E-state index in [0.29, 0.717) is 30.1 Å². The summed E-state index contributed by atoms with van der Waals surface area (Å²) in [4.78, 5) is 28.0. The molecule has 4 rings (SSSR count). The molecule has 9 atom stereocenters. The quantitative estimate of drug-likeness (QED) is 0.234. The Morgan fingerprint density at radius 3 is 2.45 bits per heavy atom. The third-order valence-electron chi connectivity index (χ3n) is 8.63. The van der Waals surface area contributed by atoms with Crippen LogP contribution in [0.1, 0.15) is 60.8 Å². The van der Waals surface area contributed by atoms with Crippen LogP contribution in [0, 0.1) is 41.4 Å². The van der Waals surface area contributed by atoms with Crippen molar-refractivity contribution in [3.63, 3.8) is 0 Å². The summed E-state index contributed by atoms with van der Waals surface area (Å²) in [7, 11) is 1.69. The normalized spacial score (nSPS) is 46.5. The monoisotopic (exact) mass is 429 g/mol. The molecule has 2 aliphatic heterocycles. The maximum absolute atomic E-state index is 13.3. The summed E-state index contributed by atoms with van der Waals surface area (Å²) >= 11 is 0. The number of hydrogen-bond donors (Lipinski definition) is 1. The van der Waals surface area contributed by atoms with Gasteiger partial charge in [0.25, 0.3) is 5.91 Å². The predicted octanol–water partition coefficient (Wildman–Crippen LogP) is 4.53. The number of aliphatic hydroxyl groups is 1. The van der Waals surface area contributed by atoms with Crippen molar-refractivity contribution >= 4 is 11.7 Å². The minimum atomic E-state index is -0.478. The van der Waals surface area contributed by atoms with Crippen molar-refractivity contribution in [2.45, 2.75) is 78.6 Å². The van der Waals surface area contributed by atoms with Gasteiger partial charge >= 0.3 is 0 Å². The van der Waals surface area contributed by atoms with Crippen LogP contribution in [-0.4, -0.2) is 46.5 Å². The molecule has 0 bridgehead atoms. The molecule has 172 valence electrons. The van der Waals surface area contributed by atoms with E-state index in [0.717, 1.165) is 12.8 Å². The molecule has 2 aliphatic carbocycles. The van der Waals surface area contributed by atoms with E-state index < -0.39 is 6.04 Å². The molecule has 5 heteroatoms. The van der Waals surface area contributed by atoms with Gasteiger partial charge in [0.1, 0.15) is 11.3 Å². The Bertz CT molecular complexity index is 829.